The zero-order chi connectivity index (χ0) is 18.2. The van der Waals surface area contributed by atoms with E-state index in [4.69, 9.17) is 9.47 Å². The summed E-state index contributed by atoms with van der Waals surface area (Å²) in [5.74, 6) is 1.39. The number of carbonyl (C=O) groups is 1. The van der Waals surface area contributed by atoms with Gasteiger partial charge in [0.15, 0.2) is 0 Å². The van der Waals surface area contributed by atoms with Crippen LogP contribution in [0.2, 0.25) is 0 Å². The summed E-state index contributed by atoms with van der Waals surface area (Å²) >= 11 is 0. The molecule has 1 heterocycles. The first-order chi connectivity index (χ1) is 12.8. The van der Waals surface area contributed by atoms with E-state index in [1.807, 2.05) is 48.5 Å². The Balaban J connectivity index is 1.49. The van der Waals surface area contributed by atoms with Crippen LogP contribution in [-0.2, 0) is 4.74 Å². The van der Waals surface area contributed by atoms with Crippen molar-refractivity contribution in [1.82, 2.24) is 5.32 Å². The molecule has 26 heavy (non-hydrogen) atoms. The van der Waals surface area contributed by atoms with E-state index in [0.29, 0.717) is 12.5 Å². The molecule has 2 N–H and O–H groups in total. The average Bonchev–Trinajstić information content (AvgIpc) is 2.69. The molecule has 5 nitrogen and oxygen atoms in total. The third-order valence-corrected chi connectivity index (χ3v) is 4.65. The van der Waals surface area contributed by atoms with E-state index < -0.39 is 0 Å². The van der Waals surface area contributed by atoms with Crippen LogP contribution in [-0.4, -0.2) is 32.9 Å². The summed E-state index contributed by atoms with van der Waals surface area (Å²) in [6.07, 6.45) is 3.27. The van der Waals surface area contributed by atoms with Gasteiger partial charge in [-0.1, -0.05) is 30.3 Å². The molecule has 5 heteroatoms. The van der Waals surface area contributed by atoms with Crippen molar-refractivity contribution in [2.75, 3.05) is 32.2 Å². The van der Waals surface area contributed by atoms with Crippen molar-refractivity contribution in [2.45, 2.75) is 19.3 Å². The van der Waals surface area contributed by atoms with Crippen molar-refractivity contribution in [2.24, 2.45) is 5.92 Å². The maximum atomic E-state index is 12.0. The largest absolute Gasteiger partial charge is 0.496 e. The van der Waals surface area contributed by atoms with E-state index in [0.717, 1.165) is 48.6 Å². The fraction of sp³-hybridized carbons (Fsp3) is 0.381. The van der Waals surface area contributed by atoms with Gasteiger partial charge in [-0.05, 0) is 48.9 Å². The number of benzene rings is 2. The van der Waals surface area contributed by atoms with Crippen LogP contribution < -0.4 is 15.4 Å². The van der Waals surface area contributed by atoms with Gasteiger partial charge in [-0.15, -0.1) is 0 Å². The molecular weight excluding hydrogens is 328 g/mol. The Morgan fingerprint density at radius 3 is 2.73 bits per heavy atom. The number of amides is 2. The zero-order valence-electron chi connectivity index (χ0n) is 15.2. The molecule has 0 aliphatic carbocycles. The number of anilines is 1. The van der Waals surface area contributed by atoms with Crippen LogP contribution in [0, 0.1) is 5.92 Å². The van der Waals surface area contributed by atoms with E-state index in [1.54, 1.807) is 7.11 Å². The standard InChI is InChI=1S/C21H26N2O3/c1-25-20-7-3-2-6-19(20)17-8-10-18(11-9-17)23-21(24)22-13-12-16-5-4-14-26-15-16/h2-3,6-11,16H,4-5,12-15H2,1H3,(H2,22,23,24). The smallest absolute Gasteiger partial charge is 0.319 e. The molecule has 2 aromatic carbocycles. The Labute approximate surface area is 154 Å². The molecule has 3 rings (SSSR count). The van der Waals surface area contributed by atoms with Crippen LogP contribution in [0.15, 0.2) is 48.5 Å². The number of ether oxygens (including phenoxy) is 2. The molecule has 0 radical (unpaired) electrons. The number of hydrogen-bond donors (Lipinski definition) is 2. The van der Waals surface area contributed by atoms with E-state index in [-0.39, 0.29) is 6.03 Å². The second kappa shape index (κ2) is 9.25. The Bertz CT molecular complexity index is 709. The van der Waals surface area contributed by atoms with Crippen molar-refractivity contribution in [3.63, 3.8) is 0 Å². The van der Waals surface area contributed by atoms with Crippen LogP contribution in [0.5, 0.6) is 5.75 Å². The molecule has 0 saturated carbocycles. The van der Waals surface area contributed by atoms with E-state index in [2.05, 4.69) is 10.6 Å². The molecule has 1 aliphatic heterocycles. The lowest BCUT2D eigenvalue weighted by Crippen LogP contribution is -2.31. The van der Waals surface area contributed by atoms with Gasteiger partial charge < -0.3 is 20.1 Å². The fourth-order valence-corrected chi connectivity index (χ4v) is 3.22. The lowest BCUT2D eigenvalue weighted by molar-refractivity contribution is 0.0520. The Morgan fingerprint density at radius 1 is 1.19 bits per heavy atom. The normalized spacial score (nSPS) is 16.7. The summed E-state index contributed by atoms with van der Waals surface area (Å²) in [6.45, 7) is 2.35. The van der Waals surface area contributed by atoms with Gasteiger partial charge in [0, 0.05) is 31.0 Å². The van der Waals surface area contributed by atoms with Crippen LogP contribution in [0.1, 0.15) is 19.3 Å². The van der Waals surface area contributed by atoms with E-state index in [9.17, 15) is 4.79 Å². The summed E-state index contributed by atoms with van der Waals surface area (Å²) in [4.78, 5) is 12.0. The maximum Gasteiger partial charge on any atom is 0.319 e. The van der Waals surface area contributed by atoms with Crippen molar-refractivity contribution in [1.29, 1.82) is 0 Å². The summed E-state index contributed by atoms with van der Waals surface area (Å²) in [5, 5.41) is 5.79. The highest BCUT2D eigenvalue weighted by Gasteiger charge is 2.13. The van der Waals surface area contributed by atoms with Gasteiger partial charge in [0.25, 0.3) is 0 Å². The molecular formula is C21H26N2O3. The number of carbonyl (C=O) groups excluding carboxylic acids is 1. The van der Waals surface area contributed by atoms with Gasteiger partial charge in [0.1, 0.15) is 5.75 Å². The highest BCUT2D eigenvalue weighted by molar-refractivity contribution is 5.89. The first-order valence-electron chi connectivity index (χ1n) is 9.12. The van der Waals surface area contributed by atoms with Crippen molar-refractivity contribution in [3.05, 3.63) is 48.5 Å². The van der Waals surface area contributed by atoms with Gasteiger partial charge in [-0.25, -0.2) is 4.79 Å². The average molecular weight is 354 g/mol. The third kappa shape index (κ3) is 4.99. The van der Waals surface area contributed by atoms with E-state index in [1.165, 1.54) is 6.42 Å². The van der Waals surface area contributed by atoms with Gasteiger partial charge in [-0.2, -0.15) is 0 Å². The lowest BCUT2D eigenvalue weighted by atomic mass is 9.99. The van der Waals surface area contributed by atoms with Gasteiger partial charge >= 0.3 is 6.03 Å². The molecule has 0 aromatic heterocycles. The monoisotopic (exact) mass is 354 g/mol. The number of nitrogens with one attached hydrogen (secondary N) is 2. The van der Waals surface area contributed by atoms with Crippen molar-refractivity contribution < 1.29 is 14.3 Å². The van der Waals surface area contributed by atoms with Crippen molar-refractivity contribution >= 4 is 11.7 Å². The molecule has 1 atom stereocenters. The topological polar surface area (TPSA) is 59.6 Å². The number of methoxy groups -OCH3 is 1. The van der Waals surface area contributed by atoms with Crippen LogP contribution in [0.25, 0.3) is 11.1 Å². The fourth-order valence-electron chi connectivity index (χ4n) is 3.22. The molecule has 1 fully saturated rings. The first-order valence-corrected chi connectivity index (χ1v) is 9.12. The van der Waals surface area contributed by atoms with Crippen LogP contribution in [0.4, 0.5) is 10.5 Å². The summed E-state index contributed by atoms with van der Waals surface area (Å²) in [7, 11) is 1.67. The Hall–Kier alpha value is -2.53. The molecule has 2 amide bonds. The molecule has 138 valence electrons. The Kier molecular flexibility index (Phi) is 6.50. The minimum atomic E-state index is -0.174. The predicted octanol–water partition coefficient (Wildman–Crippen LogP) is 4.30. The third-order valence-electron chi connectivity index (χ3n) is 4.65. The van der Waals surface area contributed by atoms with Gasteiger partial charge in [0.2, 0.25) is 0 Å². The molecule has 1 aliphatic rings. The van der Waals surface area contributed by atoms with Gasteiger partial charge in [0.05, 0.1) is 7.11 Å². The van der Waals surface area contributed by atoms with Crippen molar-refractivity contribution in [3.8, 4) is 16.9 Å². The molecule has 0 bridgehead atoms. The van der Waals surface area contributed by atoms with E-state index >= 15 is 0 Å². The quantitative estimate of drug-likeness (QED) is 0.813. The zero-order valence-corrected chi connectivity index (χ0v) is 15.2. The number of urea groups is 1. The second-order valence-corrected chi connectivity index (χ2v) is 6.53. The van der Waals surface area contributed by atoms with Crippen LogP contribution in [0.3, 0.4) is 0 Å². The molecule has 1 unspecified atom stereocenters. The molecule has 1 saturated heterocycles. The number of rotatable bonds is 6. The second-order valence-electron chi connectivity index (χ2n) is 6.53. The first kappa shape index (κ1) is 18.3. The maximum absolute atomic E-state index is 12.0. The molecule has 0 spiro atoms. The molecule has 2 aromatic rings. The van der Waals surface area contributed by atoms with Crippen LogP contribution >= 0.6 is 0 Å². The summed E-state index contributed by atoms with van der Waals surface area (Å²) in [5.41, 5.74) is 2.84. The minimum absolute atomic E-state index is 0.174. The number of hydrogen-bond acceptors (Lipinski definition) is 3. The SMILES string of the molecule is COc1ccccc1-c1ccc(NC(=O)NCCC2CCCOC2)cc1. The number of para-hydroxylation sites is 1. The Morgan fingerprint density at radius 2 is 2.00 bits per heavy atom. The minimum Gasteiger partial charge on any atom is -0.496 e. The highest BCUT2D eigenvalue weighted by Crippen LogP contribution is 2.30. The summed E-state index contributed by atoms with van der Waals surface area (Å²) in [6, 6.07) is 15.5. The highest BCUT2D eigenvalue weighted by atomic mass is 16.5. The van der Waals surface area contributed by atoms with Gasteiger partial charge in [-0.3, -0.25) is 0 Å². The predicted molar refractivity (Wildman–Crippen MR) is 104 cm³/mol. The summed E-state index contributed by atoms with van der Waals surface area (Å²) < 4.78 is 10.9. The lowest BCUT2D eigenvalue weighted by Gasteiger charge is -2.21.